The molecule has 96 valence electrons. The minimum atomic E-state index is 0.442. The van der Waals surface area contributed by atoms with E-state index in [1.165, 1.54) is 0 Å². The Bertz CT molecular complexity index is 353. The van der Waals surface area contributed by atoms with Crippen molar-refractivity contribution in [3.8, 4) is 0 Å². The number of hydrogen-bond acceptors (Lipinski definition) is 5. The fourth-order valence-electron chi connectivity index (χ4n) is 1.36. The first kappa shape index (κ1) is 13.7. The van der Waals surface area contributed by atoms with E-state index in [1.54, 1.807) is 0 Å². The van der Waals surface area contributed by atoms with E-state index in [0.29, 0.717) is 12.5 Å². The number of rotatable bonds is 6. The highest BCUT2D eigenvalue weighted by atomic mass is 15.2. The van der Waals surface area contributed by atoms with Gasteiger partial charge < -0.3 is 16.0 Å². The van der Waals surface area contributed by atoms with E-state index in [1.807, 2.05) is 20.0 Å². The van der Waals surface area contributed by atoms with Gasteiger partial charge >= 0.3 is 0 Å². The lowest BCUT2D eigenvalue weighted by Crippen LogP contribution is -2.21. The molecule has 0 aliphatic rings. The monoisotopic (exact) mass is 237 g/mol. The van der Waals surface area contributed by atoms with Gasteiger partial charge in [0.15, 0.2) is 0 Å². The number of aromatic nitrogens is 2. The minimum Gasteiger partial charge on any atom is -0.370 e. The van der Waals surface area contributed by atoms with Gasteiger partial charge in [0.05, 0.1) is 0 Å². The molecule has 1 unspecified atom stereocenters. The third-order valence-corrected chi connectivity index (χ3v) is 2.72. The van der Waals surface area contributed by atoms with Crippen molar-refractivity contribution in [2.75, 3.05) is 36.9 Å². The molecule has 0 aliphatic carbocycles. The SMILES string of the molecule is CCN(C)c1cc(NCC(C)CN)nc(C)n1. The largest absolute Gasteiger partial charge is 0.370 e. The van der Waals surface area contributed by atoms with Crippen LogP contribution in [0.2, 0.25) is 0 Å². The molecule has 0 spiro atoms. The Hall–Kier alpha value is -1.36. The first-order valence-corrected chi connectivity index (χ1v) is 6.07. The maximum absolute atomic E-state index is 5.58. The van der Waals surface area contributed by atoms with Crippen molar-refractivity contribution in [2.45, 2.75) is 20.8 Å². The first-order valence-electron chi connectivity index (χ1n) is 6.07. The average Bonchev–Trinajstić information content (AvgIpc) is 2.34. The molecule has 0 radical (unpaired) electrons. The van der Waals surface area contributed by atoms with Crippen molar-refractivity contribution in [1.82, 2.24) is 9.97 Å². The van der Waals surface area contributed by atoms with E-state index in [0.717, 1.165) is 30.5 Å². The zero-order valence-electron chi connectivity index (χ0n) is 11.2. The van der Waals surface area contributed by atoms with Crippen LogP contribution >= 0.6 is 0 Å². The van der Waals surface area contributed by atoms with Crippen LogP contribution in [0.3, 0.4) is 0 Å². The Morgan fingerprint density at radius 3 is 2.76 bits per heavy atom. The summed E-state index contributed by atoms with van der Waals surface area (Å²) < 4.78 is 0. The Morgan fingerprint density at radius 1 is 1.47 bits per heavy atom. The molecule has 1 heterocycles. The lowest BCUT2D eigenvalue weighted by atomic mass is 10.2. The number of nitrogens with zero attached hydrogens (tertiary/aromatic N) is 3. The van der Waals surface area contributed by atoms with Gasteiger partial charge in [0.1, 0.15) is 17.5 Å². The van der Waals surface area contributed by atoms with Crippen molar-refractivity contribution in [1.29, 1.82) is 0 Å². The molecule has 1 rings (SSSR count). The van der Waals surface area contributed by atoms with Gasteiger partial charge in [0.2, 0.25) is 0 Å². The molecule has 5 heteroatoms. The molecular formula is C12H23N5. The zero-order chi connectivity index (χ0) is 12.8. The molecule has 17 heavy (non-hydrogen) atoms. The third-order valence-electron chi connectivity index (χ3n) is 2.72. The van der Waals surface area contributed by atoms with Gasteiger partial charge in [0, 0.05) is 26.2 Å². The second-order valence-corrected chi connectivity index (χ2v) is 4.39. The predicted octanol–water partition coefficient (Wildman–Crippen LogP) is 1.25. The second-order valence-electron chi connectivity index (χ2n) is 4.39. The maximum Gasteiger partial charge on any atom is 0.134 e. The van der Waals surface area contributed by atoms with Gasteiger partial charge in [-0.3, -0.25) is 0 Å². The Balaban J connectivity index is 2.75. The Morgan fingerprint density at radius 2 is 2.18 bits per heavy atom. The van der Waals surface area contributed by atoms with Gasteiger partial charge in [-0.05, 0) is 26.3 Å². The van der Waals surface area contributed by atoms with Gasteiger partial charge in [-0.15, -0.1) is 0 Å². The lowest BCUT2D eigenvalue weighted by molar-refractivity contribution is 0.626. The van der Waals surface area contributed by atoms with Crippen LogP contribution in [0, 0.1) is 12.8 Å². The normalized spacial score (nSPS) is 12.3. The number of aryl methyl sites for hydroxylation is 1. The lowest BCUT2D eigenvalue weighted by Gasteiger charge is -2.17. The average molecular weight is 237 g/mol. The fourth-order valence-corrected chi connectivity index (χ4v) is 1.36. The maximum atomic E-state index is 5.58. The second kappa shape index (κ2) is 6.39. The quantitative estimate of drug-likeness (QED) is 0.779. The van der Waals surface area contributed by atoms with E-state index in [9.17, 15) is 0 Å². The topological polar surface area (TPSA) is 67.1 Å². The van der Waals surface area contributed by atoms with Crippen LogP contribution in [-0.4, -0.2) is 36.6 Å². The highest BCUT2D eigenvalue weighted by Gasteiger charge is 2.06. The summed E-state index contributed by atoms with van der Waals surface area (Å²) in [7, 11) is 2.02. The summed E-state index contributed by atoms with van der Waals surface area (Å²) >= 11 is 0. The van der Waals surface area contributed by atoms with Gasteiger partial charge in [-0.1, -0.05) is 6.92 Å². The summed E-state index contributed by atoms with van der Waals surface area (Å²) in [6, 6.07) is 1.97. The van der Waals surface area contributed by atoms with Crippen LogP contribution in [0.4, 0.5) is 11.6 Å². The third kappa shape index (κ3) is 4.19. The highest BCUT2D eigenvalue weighted by molar-refractivity contribution is 5.48. The molecular weight excluding hydrogens is 214 g/mol. The standard InChI is InChI=1S/C12H23N5/c1-5-17(4)12-6-11(15-10(3)16-12)14-8-9(2)7-13/h6,9H,5,7-8,13H2,1-4H3,(H,14,15,16). The van der Waals surface area contributed by atoms with Crippen LogP contribution in [0.15, 0.2) is 6.07 Å². The number of anilines is 2. The Kier molecular flexibility index (Phi) is 5.15. The van der Waals surface area contributed by atoms with E-state index in [-0.39, 0.29) is 0 Å². The zero-order valence-corrected chi connectivity index (χ0v) is 11.2. The molecule has 1 atom stereocenters. The number of nitrogens with one attached hydrogen (secondary N) is 1. The van der Waals surface area contributed by atoms with E-state index < -0.39 is 0 Å². The summed E-state index contributed by atoms with van der Waals surface area (Å²) in [6.45, 7) is 8.56. The molecule has 0 aliphatic heterocycles. The summed E-state index contributed by atoms with van der Waals surface area (Å²) in [5.74, 6) is 3.04. The molecule has 0 fully saturated rings. The molecule has 3 N–H and O–H groups in total. The molecule has 0 saturated carbocycles. The molecule has 0 bridgehead atoms. The van der Waals surface area contributed by atoms with Crippen LogP contribution in [0.5, 0.6) is 0 Å². The van der Waals surface area contributed by atoms with Crippen LogP contribution in [0.1, 0.15) is 19.7 Å². The molecule has 1 aromatic heterocycles. The van der Waals surface area contributed by atoms with Gasteiger partial charge in [-0.2, -0.15) is 0 Å². The van der Waals surface area contributed by atoms with Crippen LogP contribution in [0.25, 0.3) is 0 Å². The van der Waals surface area contributed by atoms with Crippen molar-refractivity contribution in [2.24, 2.45) is 11.7 Å². The highest BCUT2D eigenvalue weighted by Crippen LogP contribution is 2.14. The fraction of sp³-hybridized carbons (Fsp3) is 0.667. The van der Waals surface area contributed by atoms with E-state index >= 15 is 0 Å². The van der Waals surface area contributed by atoms with Crippen LogP contribution in [-0.2, 0) is 0 Å². The molecule has 5 nitrogen and oxygen atoms in total. The number of nitrogens with two attached hydrogens (primary N) is 1. The van der Waals surface area contributed by atoms with Crippen molar-refractivity contribution < 1.29 is 0 Å². The van der Waals surface area contributed by atoms with E-state index in [4.69, 9.17) is 5.73 Å². The van der Waals surface area contributed by atoms with Crippen LogP contribution < -0.4 is 16.0 Å². The first-order chi connectivity index (χ1) is 8.06. The van der Waals surface area contributed by atoms with Crippen molar-refractivity contribution in [3.63, 3.8) is 0 Å². The predicted molar refractivity (Wildman–Crippen MR) is 72.4 cm³/mol. The van der Waals surface area contributed by atoms with Gasteiger partial charge in [0.25, 0.3) is 0 Å². The molecule has 1 aromatic rings. The molecule has 0 amide bonds. The molecule has 0 saturated heterocycles. The van der Waals surface area contributed by atoms with E-state index in [2.05, 4.69) is 34.0 Å². The smallest absolute Gasteiger partial charge is 0.134 e. The summed E-state index contributed by atoms with van der Waals surface area (Å²) in [5.41, 5.74) is 5.58. The van der Waals surface area contributed by atoms with Crippen molar-refractivity contribution >= 4 is 11.6 Å². The number of hydrogen-bond donors (Lipinski definition) is 2. The summed E-state index contributed by atoms with van der Waals surface area (Å²) in [4.78, 5) is 10.9. The summed E-state index contributed by atoms with van der Waals surface area (Å²) in [5, 5.41) is 3.30. The summed E-state index contributed by atoms with van der Waals surface area (Å²) in [6.07, 6.45) is 0. The van der Waals surface area contributed by atoms with Crippen molar-refractivity contribution in [3.05, 3.63) is 11.9 Å². The molecule has 0 aromatic carbocycles. The Labute approximate surface area is 103 Å². The van der Waals surface area contributed by atoms with Gasteiger partial charge in [-0.25, -0.2) is 9.97 Å². The minimum absolute atomic E-state index is 0.442.